The fourth-order valence-corrected chi connectivity index (χ4v) is 2.60. The monoisotopic (exact) mass is 315 g/mol. The zero-order valence-corrected chi connectivity index (χ0v) is 13.5. The summed E-state index contributed by atoms with van der Waals surface area (Å²) in [5.41, 5.74) is 5.77. The Balaban J connectivity index is 0.00000220. The average Bonchev–Trinajstić information content (AvgIpc) is 2.68. The van der Waals surface area contributed by atoms with Gasteiger partial charge in [0.05, 0.1) is 6.04 Å². The quantitative estimate of drug-likeness (QED) is 0.826. The van der Waals surface area contributed by atoms with Crippen LogP contribution >= 0.6 is 12.4 Å². The van der Waals surface area contributed by atoms with Crippen molar-refractivity contribution in [3.05, 3.63) is 11.6 Å². The number of aromatic nitrogens is 3. The van der Waals surface area contributed by atoms with E-state index >= 15 is 0 Å². The van der Waals surface area contributed by atoms with Gasteiger partial charge >= 0.3 is 0 Å². The van der Waals surface area contributed by atoms with Crippen LogP contribution in [0.25, 0.3) is 0 Å². The van der Waals surface area contributed by atoms with Gasteiger partial charge in [-0.25, -0.2) is 0 Å². The molecule has 1 aromatic rings. The predicted octanol–water partition coefficient (Wildman–Crippen LogP) is 1.21. The van der Waals surface area contributed by atoms with Crippen LogP contribution in [0.15, 0.2) is 0 Å². The Labute approximate surface area is 132 Å². The number of carbonyl (C=O) groups is 1. The van der Waals surface area contributed by atoms with E-state index in [0.29, 0.717) is 6.54 Å². The molecule has 0 aromatic carbocycles. The minimum absolute atomic E-state index is 0. The fraction of sp³-hybridized carbons (Fsp3) is 0.786. The van der Waals surface area contributed by atoms with Gasteiger partial charge in [0.1, 0.15) is 11.6 Å². The lowest BCUT2D eigenvalue weighted by Crippen LogP contribution is -2.41. The third kappa shape index (κ3) is 4.97. The number of nitrogens with one attached hydrogen (secondary N) is 1. The molecule has 120 valence electrons. The van der Waals surface area contributed by atoms with Crippen molar-refractivity contribution in [1.29, 1.82) is 0 Å². The summed E-state index contributed by atoms with van der Waals surface area (Å²) >= 11 is 0. The van der Waals surface area contributed by atoms with Crippen LogP contribution in [0.3, 0.4) is 0 Å². The summed E-state index contributed by atoms with van der Waals surface area (Å²) in [6.07, 6.45) is 7.02. The number of nitrogens with two attached hydrogens (primary N) is 1. The predicted molar refractivity (Wildman–Crippen MR) is 84.4 cm³/mol. The standard InChI is InChI=1S/C14H25N5O.ClH/c1-2-6-11(15)14(20)16-9-8-13-18-17-12-7-4-3-5-10-19(12)13;/h11H,2-10,15H2,1H3,(H,16,20);1H. The lowest BCUT2D eigenvalue weighted by atomic mass is 10.1. The first-order valence-corrected chi connectivity index (χ1v) is 7.66. The molecule has 0 radical (unpaired) electrons. The SMILES string of the molecule is CCCC(N)C(=O)NCCc1nnc2n1CCCCC2.Cl. The maximum absolute atomic E-state index is 11.7. The zero-order chi connectivity index (χ0) is 14.4. The van der Waals surface area contributed by atoms with Crippen molar-refractivity contribution in [2.75, 3.05) is 6.54 Å². The molecular weight excluding hydrogens is 290 g/mol. The Hall–Kier alpha value is -1.14. The van der Waals surface area contributed by atoms with Gasteiger partial charge < -0.3 is 15.6 Å². The molecule has 0 spiro atoms. The Morgan fingerprint density at radius 2 is 2.19 bits per heavy atom. The first kappa shape index (κ1) is 17.9. The molecule has 21 heavy (non-hydrogen) atoms. The maximum atomic E-state index is 11.7. The molecule has 1 aliphatic rings. The second-order valence-electron chi connectivity index (χ2n) is 5.43. The van der Waals surface area contributed by atoms with E-state index in [1.54, 1.807) is 0 Å². The normalized spacial score (nSPS) is 15.5. The van der Waals surface area contributed by atoms with Crippen molar-refractivity contribution in [2.24, 2.45) is 5.73 Å². The van der Waals surface area contributed by atoms with Gasteiger partial charge in [0.2, 0.25) is 5.91 Å². The van der Waals surface area contributed by atoms with E-state index in [0.717, 1.165) is 43.9 Å². The Bertz CT molecular complexity index is 449. The van der Waals surface area contributed by atoms with E-state index in [1.165, 1.54) is 19.3 Å². The second kappa shape index (κ2) is 9.00. The molecule has 1 aromatic heterocycles. The molecule has 2 heterocycles. The first-order valence-electron chi connectivity index (χ1n) is 7.66. The van der Waals surface area contributed by atoms with Crippen molar-refractivity contribution in [3.8, 4) is 0 Å². The van der Waals surface area contributed by atoms with Crippen LogP contribution in [0.5, 0.6) is 0 Å². The van der Waals surface area contributed by atoms with Gasteiger partial charge in [0.25, 0.3) is 0 Å². The molecule has 0 fully saturated rings. The van der Waals surface area contributed by atoms with Crippen molar-refractivity contribution < 1.29 is 4.79 Å². The van der Waals surface area contributed by atoms with Crippen LogP contribution in [0.2, 0.25) is 0 Å². The molecular formula is C14H26ClN5O. The van der Waals surface area contributed by atoms with Crippen molar-refractivity contribution in [2.45, 2.75) is 64.5 Å². The number of nitrogens with zero attached hydrogens (tertiary/aromatic N) is 3. The van der Waals surface area contributed by atoms with Crippen molar-refractivity contribution in [3.63, 3.8) is 0 Å². The molecule has 6 nitrogen and oxygen atoms in total. The van der Waals surface area contributed by atoms with Crippen molar-refractivity contribution >= 4 is 18.3 Å². The van der Waals surface area contributed by atoms with E-state index in [1.807, 2.05) is 6.92 Å². The number of hydrogen-bond donors (Lipinski definition) is 2. The highest BCUT2D eigenvalue weighted by atomic mass is 35.5. The van der Waals surface area contributed by atoms with Gasteiger partial charge in [-0.2, -0.15) is 0 Å². The minimum Gasteiger partial charge on any atom is -0.354 e. The largest absolute Gasteiger partial charge is 0.354 e. The molecule has 0 saturated carbocycles. The molecule has 1 unspecified atom stereocenters. The molecule has 1 atom stereocenters. The van der Waals surface area contributed by atoms with Crippen LogP contribution in [0.4, 0.5) is 0 Å². The zero-order valence-electron chi connectivity index (χ0n) is 12.7. The summed E-state index contributed by atoms with van der Waals surface area (Å²) in [4.78, 5) is 11.7. The van der Waals surface area contributed by atoms with Crippen LogP contribution in [-0.4, -0.2) is 33.3 Å². The van der Waals surface area contributed by atoms with Gasteiger partial charge in [0.15, 0.2) is 0 Å². The van der Waals surface area contributed by atoms with E-state index < -0.39 is 6.04 Å². The van der Waals surface area contributed by atoms with Crippen LogP contribution in [0, 0.1) is 0 Å². The van der Waals surface area contributed by atoms with Gasteiger partial charge in [0, 0.05) is 25.9 Å². The van der Waals surface area contributed by atoms with Gasteiger partial charge in [-0.3, -0.25) is 4.79 Å². The Morgan fingerprint density at radius 1 is 1.38 bits per heavy atom. The number of aryl methyl sites for hydroxylation is 1. The number of amides is 1. The molecule has 3 N–H and O–H groups in total. The molecule has 7 heteroatoms. The van der Waals surface area contributed by atoms with E-state index in [2.05, 4.69) is 20.1 Å². The summed E-state index contributed by atoms with van der Waals surface area (Å²) in [5.74, 6) is 2.00. The van der Waals surface area contributed by atoms with Gasteiger partial charge in [-0.05, 0) is 19.3 Å². The Morgan fingerprint density at radius 3 is 2.95 bits per heavy atom. The summed E-state index contributed by atoms with van der Waals surface area (Å²) in [5, 5.41) is 11.4. The highest BCUT2D eigenvalue weighted by Crippen LogP contribution is 2.14. The lowest BCUT2D eigenvalue weighted by molar-refractivity contribution is -0.122. The fourth-order valence-electron chi connectivity index (χ4n) is 2.60. The number of fused-ring (bicyclic) bond motifs is 1. The summed E-state index contributed by atoms with van der Waals surface area (Å²) in [6, 6.07) is -0.393. The molecule has 2 rings (SSSR count). The molecule has 0 saturated heterocycles. The van der Waals surface area contributed by atoms with Crippen molar-refractivity contribution in [1.82, 2.24) is 20.1 Å². The van der Waals surface area contributed by atoms with E-state index in [-0.39, 0.29) is 18.3 Å². The van der Waals surface area contributed by atoms with E-state index in [4.69, 9.17) is 5.73 Å². The topological polar surface area (TPSA) is 85.8 Å². The second-order valence-corrected chi connectivity index (χ2v) is 5.43. The molecule has 1 aliphatic heterocycles. The summed E-state index contributed by atoms with van der Waals surface area (Å²) in [7, 11) is 0. The van der Waals surface area contributed by atoms with Crippen LogP contribution in [0.1, 0.15) is 50.7 Å². The molecule has 0 aliphatic carbocycles. The van der Waals surface area contributed by atoms with Gasteiger partial charge in [-0.15, -0.1) is 22.6 Å². The third-order valence-electron chi connectivity index (χ3n) is 3.77. The number of rotatable bonds is 6. The first-order chi connectivity index (χ1) is 9.72. The maximum Gasteiger partial charge on any atom is 0.236 e. The third-order valence-corrected chi connectivity index (χ3v) is 3.77. The van der Waals surface area contributed by atoms with E-state index in [9.17, 15) is 4.79 Å². The van der Waals surface area contributed by atoms with Crippen LogP contribution in [-0.2, 0) is 24.2 Å². The number of hydrogen-bond acceptors (Lipinski definition) is 4. The average molecular weight is 316 g/mol. The summed E-state index contributed by atoms with van der Waals surface area (Å²) < 4.78 is 2.21. The lowest BCUT2D eigenvalue weighted by Gasteiger charge is -2.11. The summed E-state index contributed by atoms with van der Waals surface area (Å²) in [6.45, 7) is 3.61. The van der Waals surface area contributed by atoms with Gasteiger partial charge in [-0.1, -0.05) is 19.8 Å². The minimum atomic E-state index is -0.393. The van der Waals surface area contributed by atoms with Crippen LogP contribution < -0.4 is 11.1 Å². The number of halogens is 1. The highest BCUT2D eigenvalue weighted by molar-refractivity contribution is 5.85. The number of carbonyl (C=O) groups excluding carboxylic acids is 1. The molecule has 1 amide bonds. The highest BCUT2D eigenvalue weighted by Gasteiger charge is 2.15. The molecule has 0 bridgehead atoms. The Kier molecular flexibility index (Phi) is 7.67. The smallest absolute Gasteiger partial charge is 0.236 e.